The van der Waals surface area contributed by atoms with Crippen LogP contribution in [0.2, 0.25) is 0 Å². The van der Waals surface area contributed by atoms with Crippen molar-refractivity contribution in [2.45, 2.75) is 18.9 Å². The maximum Gasteiger partial charge on any atom is 0.166 e. The Morgan fingerprint density at radius 3 is 3.14 bits per heavy atom. The van der Waals surface area contributed by atoms with Gasteiger partial charge in [0.15, 0.2) is 11.5 Å². The fraction of sp³-hybridized carbons (Fsp3) is 0.455. The summed E-state index contributed by atoms with van der Waals surface area (Å²) in [5.74, 6) is 1.39. The van der Waals surface area contributed by atoms with Crippen molar-refractivity contribution in [2.24, 2.45) is 0 Å². The van der Waals surface area contributed by atoms with Gasteiger partial charge in [0.25, 0.3) is 0 Å². The summed E-state index contributed by atoms with van der Waals surface area (Å²) >= 11 is 0. The zero-order chi connectivity index (χ0) is 9.97. The van der Waals surface area contributed by atoms with Gasteiger partial charge in [0.05, 0.1) is 19.8 Å². The van der Waals surface area contributed by atoms with Crippen molar-refractivity contribution in [2.75, 3.05) is 13.7 Å². The molecular weight excluding hydrogens is 180 g/mol. The van der Waals surface area contributed by atoms with Crippen LogP contribution < -0.4 is 9.47 Å². The summed E-state index contributed by atoms with van der Waals surface area (Å²) < 4.78 is 10.7. The number of hydrogen-bond donors (Lipinski definition) is 1. The SMILES string of the molecule is COc1cccc2c1OCCCC2O. The Hall–Kier alpha value is -1.22. The molecule has 1 N–H and O–H groups in total. The van der Waals surface area contributed by atoms with E-state index in [2.05, 4.69) is 0 Å². The second-order valence-corrected chi connectivity index (χ2v) is 3.39. The molecule has 0 amide bonds. The maximum absolute atomic E-state index is 9.83. The Morgan fingerprint density at radius 1 is 1.50 bits per heavy atom. The Balaban J connectivity index is 2.46. The number of methoxy groups -OCH3 is 1. The van der Waals surface area contributed by atoms with E-state index in [1.807, 2.05) is 18.2 Å². The van der Waals surface area contributed by atoms with Crippen LogP contribution in [0.4, 0.5) is 0 Å². The van der Waals surface area contributed by atoms with Crippen LogP contribution in [-0.4, -0.2) is 18.8 Å². The van der Waals surface area contributed by atoms with E-state index in [0.29, 0.717) is 18.1 Å². The number of aliphatic hydroxyl groups excluding tert-OH is 1. The van der Waals surface area contributed by atoms with Crippen LogP contribution in [0.15, 0.2) is 18.2 Å². The highest BCUT2D eigenvalue weighted by molar-refractivity contribution is 5.48. The smallest absolute Gasteiger partial charge is 0.166 e. The van der Waals surface area contributed by atoms with Gasteiger partial charge >= 0.3 is 0 Å². The van der Waals surface area contributed by atoms with Crippen molar-refractivity contribution in [3.63, 3.8) is 0 Å². The van der Waals surface area contributed by atoms with Gasteiger partial charge in [-0.05, 0) is 18.9 Å². The molecule has 0 aliphatic carbocycles. The molecule has 3 heteroatoms. The molecule has 0 fully saturated rings. The Kier molecular flexibility index (Phi) is 2.59. The summed E-state index contributed by atoms with van der Waals surface area (Å²) in [4.78, 5) is 0. The third kappa shape index (κ3) is 1.55. The van der Waals surface area contributed by atoms with Gasteiger partial charge in [-0.25, -0.2) is 0 Å². The minimum Gasteiger partial charge on any atom is -0.493 e. The molecule has 0 bridgehead atoms. The minimum atomic E-state index is -0.428. The molecule has 2 rings (SSSR count). The third-order valence-corrected chi connectivity index (χ3v) is 2.46. The Bertz CT molecular complexity index is 322. The first-order chi connectivity index (χ1) is 6.83. The summed E-state index contributed by atoms with van der Waals surface area (Å²) in [5.41, 5.74) is 0.835. The third-order valence-electron chi connectivity index (χ3n) is 2.46. The molecule has 0 spiro atoms. The van der Waals surface area contributed by atoms with Crippen LogP contribution in [0, 0.1) is 0 Å². The average Bonchev–Trinajstić information content (AvgIpc) is 2.41. The van der Waals surface area contributed by atoms with E-state index >= 15 is 0 Å². The number of para-hydroxylation sites is 1. The Morgan fingerprint density at radius 2 is 2.36 bits per heavy atom. The highest BCUT2D eigenvalue weighted by atomic mass is 16.5. The fourth-order valence-electron chi connectivity index (χ4n) is 1.72. The number of hydrogen-bond acceptors (Lipinski definition) is 3. The van der Waals surface area contributed by atoms with Crippen molar-refractivity contribution in [3.05, 3.63) is 23.8 Å². The van der Waals surface area contributed by atoms with Crippen LogP contribution in [0.25, 0.3) is 0 Å². The van der Waals surface area contributed by atoms with Gasteiger partial charge in [-0.3, -0.25) is 0 Å². The van der Waals surface area contributed by atoms with Crippen LogP contribution in [0.5, 0.6) is 11.5 Å². The molecule has 0 aromatic heterocycles. The monoisotopic (exact) mass is 194 g/mol. The number of ether oxygens (including phenoxy) is 2. The quantitative estimate of drug-likeness (QED) is 0.742. The van der Waals surface area contributed by atoms with E-state index in [4.69, 9.17) is 9.47 Å². The molecule has 76 valence electrons. The lowest BCUT2D eigenvalue weighted by molar-refractivity contribution is 0.167. The number of fused-ring (bicyclic) bond motifs is 1. The number of rotatable bonds is 1. The first-order valence-electron chi connectivity index (χ1n) is 4.80. The zero-order valence-electron chi connectivity index (χ0n) is 8.19. The van der Waals surface area contributed by atoms with E-state index in [-0.39, 0.29) is 0 Å². The van der Waals surface area contributed by atoms with Crippen molar-refractivity contribution in [1.29, 1.82) is 0 Å². The van der Waals surface area contributed by atoms with E-state index in [0.717, 1.165) is 18.4 Å². The second kappa shape index (κ2) is 3.88. The minimum absolute atomic E-state index is 0.428. The summed E-state index contributed by atoms with van der Waals surface area (Å²) in [6.07, 6.45) is 1.20. The van der Waals surface area contributed by atoms with E-state index < -0.39 is 6.10 Å². The van der Waals surface area contributed by atoms with Crippen LogP contribution in [0.1, 0.15) is 24.5 Å². The van der Waals surface area contributed by atoms with Gasteiger partial charge in [0.2, 0.25) is 0 Å². The van der Waals surface area contributed by atoms with Gasteiger partial charge in [0, 0.05) is 5.56 Å². The highest BCUT2D eigenvalue weighted by Gasteiger charge is 2.20. The van der Waals surface area contributed by atoms with Crippen molar-refractivity contribution < 1.29 is 14.6 Å². The standard InChI is InChI=1S/C11H14O3/c1-13-10-6-2-4-8-9(12)5-3-7-14-11(8)10/h2,4,6,9,12H,3,5,7H2,1H3. The van der Waals surface area contributed by atoms with Gasteiger partial charge < -0.3 is 14.6 Å². The summed E-state index contributed by atoms with van der Waals surface area (Å²) in [5, 5.41) is 9.83. The van der Waals surface area contributed by atoms with Crippen LogP contribution in [0.3, 0.4) is 0 Å². The summed E-state index contributed by atoms with van der Waals surface area (Å²) in [7, 11) is 1.61. The molecule has 1 unspecified atom stereocenters. The van der Waals surface area contributed by atoms with Crippen molar-refractivity contribution in [3.8, 4) is 11.5 Å². The lowest BCUT2D eigenvalue weighted by Crippen LogP contribution is -1.98. The molecule has 14 heavy (non-hydrogen) atoms. The molecule has 1 heterocycles. The predicted octanol–water partition coefficient (Wildman–Crippen LogP) is 1.90. The van der Waals surface area contributed by atoms with Gasteiger partial charge in [0.1, 0.15) is 0 Å². The lowest BCUT2D eigenvalue weighted by Gasteiger charge is -2.13. The van der Waals surface area contributed by atoms with E-state index in [1.165, 1.54) is 0 Å². The highest BCUT2D eigenvalue weighted by Crippen LogP contribution is 2.38. The first kappa shape index (κ1) is 9.34. The topological polar surface area (TPSA) is 38.7 Å². The first-order valence-corrected chi connectivity index (χ1v) is 4.80. The average molecular weight is 194 g/mol. The summed E-state index contributed by atoms with van der Waals surface area (Å²) in [6, 6.07) is 5.60. The molecular formula is C11H14O3. The lowest BCUT2D eigenvalue weighted by atomic mass is 10.0. The number of benzene rings is 1. The van der Waals surface area contributed by atoms with Crippen LogP contribution in [-0.2, 0) is 0 Å². The van der Waals surface area contributed by atoms with Crippen LogP contribution >= 0.6 is 0 Å². The normalized spacial score (nSPS) is 20.6. The molecule has 1 aliphatic rings. The largest absolute Gasteiger partial charge is 0.493 e. The molecule has 0 saturated heterocycles. The van der Waals surface area contributed by atoms with Gasteiger partial charge in [-0.1, -0.05) is 12.1 Å². The zero-order valence-corrected chi connectivity index (χ0v) is 8.19. The summed E-state index contributed by atoms with van der Waals surface area (Å²) in [6.45, 7) is 0.643. The van der Waals surface area contributed by atoms with Gasteiger partial charge in [-0.15, -0.1) is 0 Å². The molecule has 1 aromatic carbocycles. The van der Waals surface area contributed by atoms with Gasteiger partial charge in [-0.2, -0.15) is 0 Å². The molecule has 0 radical (unpaired) electrons. The Labute approximate surface area is 83.3 Å². The second-order valence-electron chi connectivity index (χ2n) is 3.39. The van der Waals surface area contributed by atoms with E-state index in [1.54, 1.807) is 7.11 Å². The van der Waals surface area contributed by atoms with E-state index in [9.17, 15) is 5.11 Å². The molecule has 3 nitrogen and oxygen atoms in total. The van der Waals surface area contributed by atoms with Crippen molar-refractivity contribution in [1.82, 2.24) is 0 Å². The molecule has 1 aromatic rings. The molecule has 1 aliphatic heterocycles. The number of aliphatic hydroxyl groups is 1. The van der Waals surface area contributed by atoms with Crippen molar-refractivity contribution >= 4 is 0 Å². The fourth-order valence-corrected chi connectivity index (χ4v) is 1.72. The molecule has 1 atom stereocenters. The predicted molar refractivity (Wildman–Crippen MR) is 52.7 cm³/mol. The maximum atomic E-state index is 9.83. The molecule has 0 saturated carbocycles.